The summed E-state index contributed by atoms with van der Waals surface area (Å²) >= 11 is 0. The van der Waals surface area contributed by atoms with Gasteiger partial charge in [-0.1, -0.05) is 0 Å². The zero-order chi connectivity index (χ0) is 16.1. The van der Waals surface area contributed by atoms with E-state index in [1.165, 1.54) is 14.0 Å². The molecule has 3 N–H and O–H groups in total. The molecule has 7 nitrogen and oxygen atoms in total. The van der Waals surface area contributed by atoms with E-state index >= 15 is 0 Å². The summed E-state index contributed by atoms with van der Waals surface area (Å²) in [6, 6.07) is 4.66. The fourth-order valence-corrected chi connectivity index (χ4v) is 2.31. The van der Waals surface area contributed by atoms with Crippen LogP contribution in [0, 0.1) is 0 Å². The highest BCUT2D eigenvalue weighted by molar-refractivity contribution is 5.96. The molecule has 1 aliphatic heterocycles. The Labute approximate surface area is 129 Å². The van der Waals surface area contributed by atoms with Gasteiger partial charge in [-0.15, -0.1) is 0 Å². The number of anilines is 2. The van der Waals surface area contributed by atoms with Gasteiger partial charge in [-0.25, -0.2) is 0 Å². The van der Waals surface area contributed by atoms with Crippen LogP contribution in [-0.4, -0.2) is 44.2 Å². The largest absolute Gasteiger partial charge is 0.494 e. The lowest BCUT2D eigenvalue weighted by atomic mass is 10.1. The topological polar surface area (TPSA) is 88.7 Å². The Balaban J connectivity index is 2.09. The molecule has 1 aliphatic rings. The maximum Gasteiger partial charge on any atom is 0.244 e. The Bertz CT molecular complexity index is 562. The predicted molar refractivity (Wildman–Crippen MR) is 83.1 cm³/mol. The smallest absolute Gasteiger partial charge is 0.244 e. The van der Waals surface area contributed by atoms with Crippen LogP contribution in [0.5, 0.6) is 5.75 Å². The summed E-state index contributed by atoms with van der Waals surface area (Å²) in [6.07, 6.45) is -0.186. The number of carbonyl (C=O) groups is 2. The van der Waals surface area contributed by atoms with E-state index < -0.39 is 6.04 Å². The molecule has 2 atom stereocenters. The number of benzene rings is 1. The van der Waals surface area contributed by atoms with Crippen molar-refractivity contribution in [1.82, 2.24) is 5.32 Å². The number of ether oxygens (including phenoxy) is 2. The first-order valence-corrected chi connectivity index (χ1v) is 7.12. The summed E-state index contributed by atoms with van der Waals surface area (Å²) in [5, 5.41) is 8.62. The third kappa shape index (κ3) is 3.96. The van der Waals surface area contributed by atoms with Crippen LogP contribution in [0.1, 0.15) is 13.8 Å². The Morgan fingerprint density at radius 2 is 2.14 bits per heavy atom. The molecule has 0 bridgehead atoms. The fraction of sp³-hybridized carbons (Fsp3) is 0.467. The number of amides is 2. The van der Waals surface area contributed by atoms with Gasteiger partial charge in [-0.3, -0.25) is 9.59 Å². The molecule has 22 heavy (non-hydrogen) atoms. The van der Waals surface area contributed by atoms with Crippen molar-refractivity contribution in [2.75, 3.05) is 30.9 Å². The van der Waals surface area contributed by atoms with Crippen LogP contribution in [0.4, 0.5) is 11.4 Å². The second kappa shape index (κ2) is 7.24. The minimum Gasteiger partial charge on any atom is -0.494 e. The van der Waals surface area contributed by atoms with Gasteiger partial charge in [0.2, 0.25) is 11.8 Å². The summed E-state index contributed by atoms with van der Waals surface area (Å²) in [7, 11) is 1.50. The van der Waals surface area contributed by atoms with Crippen molar-refractivity contribution in [3.05, 3.63) is 18.2 Å². The summed E-state index contributed by atoms with van der Waals surface area (Å²) in [4.78, 5) is 23.4. The number of hydrogen-bond donors (Lipinski definition) is 3. The van der Waals surface area contributed by atoms with E-state index in [0.29, 0.717) is 30.3 Å². The molecule has 2 rings (SSSR count). The molecule has 1 aromatic carbocycles. The minimum absolute atomic E-state index is 0.165. The third-order valence-corrected chi connectivity index (χ3v) is 3.38. The van der Waals surface area contributed by atoms with Crippen LogP contribution in [0.15, 0.2) is 18.2 Å². The van der Waals surface area contributed by atoms with Crippen molar-refractivity contribution >= 4 is 23.2 Å². The first-order valence-electron chi connectivity index (χ1n) is 7.12. The lowest BCUT2D eigenvalue weighted by Crippen LogP contribution is -2.53. The van der Waals surface area contributed by atoms with E-state index in [2.05, 4.69) is 16.0 Å². The van der Waals surface area contributed by atoms with Gasteiger partial charge in [-0.05, 0) is 19.1 Å². The summed E-state index contributed by atoms with van der Waals surface area (Å²) < 4.78 is 10.7. The Morgan fingerprint density at radius 1 is 1.36 bits per heavy atom. The number of nitrogens with one attached hydrogen (secondary N) is 3. The summed E-state index contributed by atoms with van der Waals surface area (Å²) in [5.74, 6) is 0.128. The van der Waals surface area contributed by atoms with Gasteiger partial charge in [0.05, 0.1) is 25.5 Å². The SMILES string of the molecule is COc1cc(NC(=O)[C@H]2NCCO[C@@H]2C)ccc1NC(C)=O. The molecule has 0 aliphatic carbocycles. The molecular weight excluding hydrogens is 286 g/mol. The Morgan fingerprint density at radius 3 is 2.77 bits per heavy atom. The molecule has 1 aromatic rings. The van der Waals surface area contributed by atoms with E-state index in [4.69, 9.17) is 9.47 Å². The van der Waals surface area contributed by atoms with E-state index in [1.807, 2.05) is 6.92 Å². The van der Waals surface area contributed by atoms with Gasteiger partial charge in [0.15, 0.2) is 0 Å². The fourth-order valence-electron chi connectivity index (χ4n) is 2.31. The molecule has 0 aromatic heterocycles. The van der Waals surface area contributed by atoms with Crippen LogP contribution >= 0.6 is 0 Å². The second-order valence-electron chi connectivity index (χ2n) is 5.09. The van der Waals surface area contributed by atoms with Crippen molar-refractivity contribution in [2.24, 2.45) is 0 Å². The van der Waals surface area contributed by atoms with E-state index in [0.717, 1.165) is 0 Å². The van der Waals surface area contributed by atoms with E-state index in [1.54, 1.807) is 18.2 Å². The molecule has 1 saturated heterocycles. The average molecular weight is 307 g/mol. The Kier molecular flexibility index (Phi) is 5.35. The Hall–Kier alpha value is -2.12. The van der Waals surface area contributed by atoms with Gasteiger partial charge in [0.1, 0.15) is 11.8 Å². The van der Waals surface area contributed by atoms with Crippen molar-refractivity contribution in [2.45, 2.75) is 26.0 Å². The van der Waals surface area contributed by atoms with Crippen LogP contribution in [0.2, 0.25) is 0 Å². The van der Waals surface area contributed by atoms with Gasteiger partial charge in [0, 0.05) is 25.2 Å². The number of morpholine rings is 1. The molecule has 1 fully saturated rings. The molecule has 0 radical (unpaired) electrons. The monoisotopic (exact) mass is 307 g/mol. The average Bonchev–Trinajstić information content (AvgIpc) is 2.48. The van der Waals surface area contributed by atoms with Crippen molar-refractivity contribution < 1.29 is 19.1 Å². The van der Waals surface area contributed by atoms with Gasteiger partial charge in [0.25, 0.3) is 0 Å². The third-order valence-electron chi connectivity index (χ3n) is 3.38. The number of carbonyl (C=O) groups excluding carboxylic acids is 2. The highest BCUT2D eigenvalue weighted by Crippen LogP contribution is 2.28. The minimum atomic E-state index is -0.394. The zero-order valence-electron chi connectivity index (χ0n) is 12.9. The highest BCUT2D eigenvalue weighted by Gasteiger charge is 2.28. The quantitative estimate of drug-likeness (QED) is 0.771. The van der Waals surface area contributed by atoms with Gasteiger partial charge in [-0.2, -0.15) is 0 Å². The molecule has 2 amide bonds. The molecule has 0 spiro atoms. The van der Waals surface area contributed by atoms with E-state index in [-0.39, 0.29) is 17.9 Å². The van der Waals surface area contributed by atoms with Gasteiger partial charge < -0.3 is 25.4 Å². The highest BCUT2D eigenvalue weighted by atomic mass is 16.5. The molecule has 120 valence electrons. The van der Waals surface area contributed by atoms with Crippen LogP contribution in [0.25, 0.3) is 0 Å². The van der Waals surface area contributed by atoms with Crippen LogP contribution < -0.4 is 20.7 Å². The standard InChI is InChI=1S/C15H21N3O4/c1-9-14(16-6-7-22-9)15(20)18-11-4-5-12(17-10(2)19)13(8-11)21-3/h4-5,8-9,14,16H,6-7H2,1-3H3,(H,17,19)(H,18,20)/t9-,14+/m1/s1. The molecular formula is C15H21N3O4. The van der Waals surface area contributed by atoms with Crippen LogP contribution in [-0.2, 0) is 14.3 Å². The number of rotatable bonds is 4. The maximum absolute atomic E-state index is 12.3. The first-order chi connectivity index (χ1) is 10.5. The maximum atomic E-state index is 12.3. The lowest BCUT2D eigenvalue weighted by Gasteiger charge is -2.29. The lowest BCUT2D eigenvalue weighted by molar-refractivity contribution is -0.123. The van der Waals surface area contributed by atoms with Crippen LogP contribution in [0.3, 0.4) is 0 Å². The molecule has 1 heterocycles. The van der Waals surface area contributed by atoms with Gasteiger partial charge >= 0.3 is 0 Å². The molecule has 0 unspecified atom stereocenters. The summed E-state index contributed by atoms with van der Waals surface area (Å²) in [6.45, 7) is 4.53. The zero-order valence-corrected chi connectivity index (χ0v) is 12.9. The van der Waals surface area contributed by atoms with Crippen molar-refractivity contribution in [3.8, 4) is 5.75 Å². The number of hydrogen-bond acceptors (Lipinski definition) is 5. The molecule has 0 saturated carbocycles. The normalized spacial score (nSPS) is 21.0. The number of methoxy groups -OCH3 is 1. The van der Waals surface area contributed by atoms with E-state index in [9.17, 15) is 9.59 Å². The first kappa shape index (κ1) is 16.3. The van der Waals surface area contributed by atoms with Crippen molar-refractivity contribution in [3.63, 3.8) is 0 Å². The predicted octanol–water partition coefficient (Wildman–Crippen LogP) is 0.969. The molecule has 7 heteroatoms. The summed E-state index contributed by atoms with van der Waals surface area (Å²) in [5.41, 5.74) is 1.15. The second-order valence-corrected chi connectivity index (χ2v) is 5.09. The van der Waals surface area contributed by atoms with Crippen molar-refractivity contribution in [1.29, 1.82) is 0 Å².